The quantitative estimate of drug-likeness (QED) is 0.853. The van der Waals surface area contributed by atoms with Crippen LogP contribution in [0, 0.1) is 11.3 Å². The summed E-state index contributed by atoms with van der Waals surface area (Å²) in [7, 11) is 0. The molecule has 4 heteroatoms. The fraction of sp³-hybridized carbons (Fsp3) is 0.429. The van der Waals surface area contributed by atoms with E-state index in [-0.39, 0.29) is 0 Å². The average molecular weight is 242 g/mol. The third-order valence-corrected chi connectivity index (χ3v) is 3.13. The van der Waals surface area contributed by atoms with Crippen LogP contribution >= 0.6 is 0 Å². The Kier molecular flexibility index (Phi) is 4.19. The second-order valence-corrected chi connectivity index (χ2v) is 4.54. The summed E-state index contributed by atoms with van der Waals surface area (Å²) < 4.78 is 0. The first-order valence-corrected chi connectivity index (χ1v) is 6.33. The van der Waals surface area contributed by atoms with Gasteiger partial charge in [0.2, 0.25) is 0 Å². The summed E-state index contributed by atoms with van der Waals surface area (Å²) in [5, 5.41) is 11.9. The minimum absolute atomic E-state index is 0.502. The van der Waals surface area contributed by atoms with Gasteiger partial charge in [-0.05, 0) is 43.8 Å². The number of nitrogens with one attached hydrogen (secondary N) is 2. The number of aromatic nitrogens is 2. The first-order chi connectivity index (χ1) is 8.79. The van der Waals surface area contributed by atoms with E-state index in [2.05, 4.69) is 28.3 Å². The third-order valence-electron chi connectivity index (χ3n) is 3.13. The number of hydrogen-bond donors (Lipinski definition) is 2. The van der Waals surface area contributed by atoms with Gasteiger partial charge in [-0.15, -0.1) is 0 Å². The Morgan fingerprint density at radius 2 is 2.50 bits per heavy atom. The molecule has 1 aromatic rings. The summed E-state index contributed by atoms with van der Waals surface area (Å²) in [4.78, 5) is 7.05. The average Bonchev–Trinajstić information content (AvgIpc) is 2.87. The van der Waals surface area contributed by atoms with E-state index < -0.39 is 0 Å². The van der Waals surface area contributed by atoms with Crippen LogP contribution in [0.15, 0.2) is 29.6 Å². The van der Waals surface area contributed by atoms with Crippen LogP contribution in [-0.4, -0.2) is 9.97 Å². The molecule has 0 aromatic carbocycles. The Bertz CT molecular complexity index is 502. The first kappa shape index (κ1) is 12.4. The van der Waals surface area contributed by atoms with Crippen molar-refractivity contribution in [2.45, 2.75) is 39.2 Å². The molecular weight excluding hydrogens is 224 g/mol. The maximum absolute atomic E-state index is 8.67. The lowest BCUT2D eigenvalue weighted by Crippen LogP contribution is -2.08. The number of nitrogens with zero attached hydrogens (tertiary/aromatic N) is 2. The van der Waals surface area contributed by atoms with Crippen molar-refractivity contribution >= 4 is 0 Å². The molecule has 2 rings (SSSR count). The smallest absolute Gasteiger partial charge is 0.137 e. The maximum Gasteiger partial charge on any atom is 0.137 e. The van der Waals surface area contributed by atoms with Crippen LogP contribution in [0.25, 0.3) is 0 Å². The van der Waals surface area contributed by atoms with E-state index in [1.807, 2.05) is 12.3 Å². The number of nitriles is 1. The molecule has 0 unspecified atom stereocenters. The van der Waals surface area contributed by atoms with Crippen LogP contribution in [0.2, 0.25) is 0 Å². The molecule has 1 aromatic heterocycles. The molecular formula is C14H18N4. The molecule has 0 amide bonds. The maximum atomic E-state index is 8.67. The van der Waals surface area contributed by atoms with E-state index in [0.717, 1.165) is 5.82 Å². The Morgan fingerprint density at radius 1 is 1.61 bits per heavy atom. The molecule has 2 N–H and O–H groups in total. The van der Waals surface area contributed by atoms with E-state index in [9.17, 15) is 0 Å². The molecule has 0 aliphatic heterocycles. The second-order valence-electron chi connectivity index (χ2n) is 4.54. The lowest BCUT2D eigenvalue weighted by atomic mass is 9.95. The lowest BCUT2D eigenvalue weighted by molar-refractivity contribution is 0.703. The second kappa shape index (κ2) is 6.06. The van der Waals surface area contributed by atoms with E-state index in [4.69, 9.17) is 5.26 Å². The summed E-state index contributed by atoms with van der Waals surface area (Å²) in [5.74, 6) is 0.785. The Morgan fingerprint density at radius 3 is 3.17 bits per heavy atom. The molecule has 1 aliphatic carbocycles. The summed E-state index contributed by atoms with van der Waals surface area (Å²) in [6.45, 7) is 2.75. The summed E-state index contributed by atoms with van der Waals surface area (Å²) in [5.41, 5.74) is 3.25. The fourth-order valence-corrected chi connectivity index (χ4v) is 2.10. The van der Waals surface area contributed by atoms with E-state index in [1.54, 1.807) is 6.20 Å². The number of rotatable bonds is 4. The van der Waals surface area contributed by atoms with Crippen molar-refractivity contribution in [3.05, 3.63) is 41.1 Å². The van der Waals surface area contributed by atoms with Crippen molar-refractivity contribution in [3.8, 4) is 6.07 Å². The summed E-state index contributed by atoms with van der Waals surface area (Å²) >= 11 is 0. The van der Waals surface area contributed by atoms with Crippen LogP contribution in [0.5, 0.6) is 0 Å². The number of H-pyrrole nitrogens is 1. The molecule has 4 nitrogen and oxygen atoms in total. The standard InChI is InChI=1S/C14H18N4/c1-11(12-5-3-2-4-6-12)8-16-10-14-17-9-13(7-15)18-14/h5,8-9,16H,2-4,6,10H2,1H3,(H,17,18)/b11-8-. The predicted molar refractivity (Wildman–Crippen MR) is 70.5 cm³/mol. The van der Waals surface area contributed by atoms with Gasteiger partial charge in [-0.2, -0.15) is 5.26 Å². The molecule has 0 spiro atoms. The highest BCUT2D eigenvalue weighted by atomic mass is 15.0. The Hall–Kier alpha value is -2.02. The molecule has 94 valence electrons. The molecule has 0 saturated carbocycles. The highest BCUT2D eigenvalue weighted by Gasteiger charge is 2.05. The van der Waals surface area contributed by atoms with Gasteiger partial charge in [0.15, 0.2) is 0 Å². The number of imidazole rings is 1. The Balaban J connectivity index is 1.87. The van der Waals surface area contributed by atoms with Crippen LogP contribution in [0.3, 0.4) is 0 Å². The van der Waals surface area contributed by atoms with Crippen molar-refractivity contribution in [2.24, 2.45) is 0 Å². The Labute approximate surface area is 107 Å². The van der Waals surface area contributed by atoms with Crippen molar-refractivity contribution < 1.29 is 0 Å². The van der Waals surface area contributed by atoms with Gasteiger partial charge in [0.05, 0.1) is 12.7 Å². The van der Waals surface area contributed by atoms with E-state index in [0.29, 0.717) is 12.2 Å². The molecule has 0 bridgehead atoms. The third kappa shape index (κ3) is 3.24. The van der Waals surface area contributed by atoms with E-state index in [1.165, 1.54) is 36.8 Å². The highest BCUT2D eigenvalue weighted by molar-refractivity contribution is 5.29. The van der Waals surface area contributed by atoms with Gasteiger partial charge < -0.3 is 10.3 Å². The van der Waals surface area contributed by atoms with Crippen molar-refractivity contribution in [1.29, 1.82) is 5.26 Å². The lowest BCUT2D eigenvalue weighted by Gasteiger charge is -2.13. The van der Waals surface area contributed by atoms with Gasteiger partial charge in [-0.1, -0.05) is 6.08 Å². The topological polar surface area (TPSA) is 64.5 Å². The minimum atomic E-state index is 0.502. The zero-order chi connectivity index (χ0) is 12.8. The van der Waals surface area contributed by atoms with Crippen molar-refractivity contribution in [1.82, 2.24) is 15.3 Å². The van der Waals surface area contributed by atoms with Crippen LogP contribution < -0.4 is 5.32 Å². The van der Waals surface area contributed by atoms with Gasteiger partial charge in [0.1, 0.15) is 17.6 Å². The molecule has 1 heterocycles. The van der Waals surface area contributed by atoms with E-state index >= 15 is 0 Å². The molecule has 18 heavy (non-hydrogen) atoms. The van der Waals surface area contributed by atoms with Crippen molar-refractivity contribution in [2.75, 3.05) is 0 Å². The van der Waals surface area contributed by atoms with Gasteiger partial charge >= 0.3 is 0 Å². The molecule has 0 atom stereocenters. The predicted octanol–water partition coefficient (Wildman–Crippen LogP) is 2.78. The SMILES string of the molecule is C/C(=C/NCc1ncc(C#N)[nH]1)C1=CCCCC1. The molecule has 0 radical (unpaired) electrons. The number of hydrogen-bond acceptors (Lipinski definition) is 3. The first-order valence-electron chi connectivity index (χ1n) is 6.33. The molecule has 0 saturated heterocycles. The zero-order valence-electron chi connectivity index (χ0n) is 10.7. The molecule has 1 aliphatic rings. The van der Waals surface area contributed by atoms with Crippen LogP contribution in [0.4, 0.5) is 0 Å². The van der Waals surface area contributed by atoms with Crippen molar-refractivity contribution in [3.63, 3.8) is 0 Å². The minimum Gasteiger partial charge on any atom is -0.383 e. The summed E-state index contributed by atoms with van der Waals surface area (Å²) in [6, 6.07) is 2.03. The summed E-state index contributed by atoms with van der Waals surface area (Å²) in [6.07, 6.45) is 10.9. The number of aromatic amines is 1. The normalized spacial score (nSPS) is 16.0. The molecule has 0 fully saturated rings. The van der Waals surface area contributed by atoms with Gasteiger partial charge in [0.25, 0.3) is 0 Å². The van der Waals surface area contributed by atoms with Crippen LogP contribution in [0.1, 0.15) is 44.1 Å². The van der Waals surface area contributed by atoms with Gasteiger partial charge in [-0.3, -0.25) is 0 Å². The van der Waals surface area contributed by atoms with Gasteiger partial charge in [0, 0.05) is 6.20 Å². The largest absolute Gasteiger partial charge is 0.383 e. The highest BCUT2D eigenvalue weighted by Crippen LogP contribution is 2.22. The number of allylic oxidation sites excluding steroid dienone is 3. The fourth-order valence-electron chi connectivity index (χ4n) is 2.10. The van der Waals surface area contributed by atoms with Gasteiger partial charge in [-0.25, -0.2) is 4.98 Å². The van der Waals surface area contributed by atoms with Crippen LogP contribution in [-0.2, 0) is 6.54 Å². The zero-order valence-corrected chi connectivity index (χ0v) is 10.7. The monoisotopic (exact) mass is 242 g/mol.